The minimum absolute atomic E-state index is 0.235. The molecule has 0 N–H and O–H groups in total. The van der Waals surface area contributed by atoms with E-state index in [4.69, 9.17) is 4.74 Å². The Labute approximate surface area is 135 Å². The van der Waals surface area contributed by atoms with Gasteiger partial charge in [0.15, 0.2) is 0 Å². The predicted molar refractivity (Wildman–Crippen MR) is 87.4 cm³/mol. The highest BCUT2D eigenvalue weighted by atomic mass is 16.5. The highest BCUT2D eigenvalue weighted by Crippen LogP contribution is 2.22. The Morgan fingerprint density at radius 2 is 1.61 bits per heavy atom. The second-order valence-electron chi connectivity index (χ2n) is 5.79. The van der Waals surface area contributed by atoms with Gasteiger partial charge in [-0.25, -0.2) is 0 Å². The summed E-state index contributed by atoms with van der Waals surface area (Å²) in [5, 5.41) is 0. The van der Waals surface area contributed by atoms with Gasteiger partial charge >= 0.3 is 0 Å². The molecule has 1 heterocycles. The Balaban J connectivity index is 1.56. The number of ether oxygens (including phenoxy) is 1. The molecule has 0 unspecified atom stereocenters. The molecular weight excluding hydrogens is 290 g/mol. The first-order valence-electron chi connectivity index (χ1n) is 7.67. The lowest BCUT2D eigenvalue weighted by Crippen LogP contribution is -2.33. The minimum Gasteiger partial charge on any atom is -0.375 e. The summed E-state index contributed by atoms with van der Waals surface area (Å²) in [5.41, 5.74) is 4.49. The zero-order valence-corrected chi connectivity index (χ0v) is 13.3. The molecule has 0 radical (unpaired) electrons. The molecule has 0 saturated carbocycles. The van der Waals surface area contributed by atoms with Gasteiger partial charge in [0, 0.05) is 0 Å². The van der Waals surface area contributed by atoms with Crippen molar-refractivity contribution in [3.05, 3.63) is 70.3 Å². The van der Waals surface area contributed by atoms with Crippen LogP contribution in [0.4, 0.5) is 0 Å². The van der Waals surface area contributed by atoms with E-state index in [1.165, 1.54) is 16.0 Å². The number of nitrogens with zero attached hydrogens (tertiary/aromatic N) is 1. The number of imide groups is 1. The number of hydrogen-bond donors (Lipinski definition) is 0. The number of carbonyl (C=O) groups is 2. The second-order valence-corrected chi connectivity index (χ2v) is 5.79. The van der Waals surface area contributed by atoms with Crippen molar-refractivity contribution in [2.24, 2.45) is 0 Å². The Morgan fingerprint density at radius 1 is 0.957 bits per heavy atom. The van der Waals surface area contributed by atoms with Crippen molar-refractivity contribution in [2.45, 2.75) is 20.5 Å². The van der Waals surface area contributed by atoms with Crippen LogP contribution in [0.3, 0.4) is 0 Å². The number of benzene rings is 2. The first-order valence-corrected chi connectivity index (χ1v) is 7.67. The highest BCUT2D eigenvalue weighted by Gasteiger charge is 2.34. The van der Waals surface area contributed by atoms with Crippen LogP contribution in [-0.4, -0.2) is 29.9 Å². The summed E-state index contributed by atoms with van der Waals surface area (Å²) in [4.78, 5) is 25.7. The van der Waals surface area contributed by atoms with E-state index in [0.29, 0.717) is 24.3 Å². The van der Waals surface area contributed by atoms with E-state index in [9.17, 15) is 9.59 Å². The smallest absolute Gasteiger partial charge is 0.261 e. The molecule has 2 amide bonds. The standard InChI is InChI=1S/C19H19NO3/c1-13-7-8-15(14(2)11-13)12-23-10-9-20-18(21)16-5-3-4-6-17(16)19(20)22/h3-8,11H,9-10,12H2,1-2H3. The normalized spacial score (nSPS) is 13.6. The van der Waals surface area contributed by atoms with Crippen molar-refractivity contribution in [3.8, 4) is 0 Å². The molecule has 2 aromatic carbocycles. The van der Waals surface area contributed by atoms with Gasteiger partial charge in [0.05, 0.1) is 30.9 Å². The average Bonchev–Trinajstić information content (AvgIpc) is 2.78. The maximum absolute atomic E-state index is 12.2. The van der Waals surface area contributed by atoms with Gasteiger partial charge in [0.2, 0.25) is 0 Å². The molecule has 2 aromatic rings. The van der Waals surface area contributed by atoms with Crippen LogP contribution in [-0.2, 0) is 11.3 Å². The van der Waals surface area contributed by atoms with E-state index in [0.717, 1.165) is 5.56 Å². The molecule has 0 bridgehead atoms. The first kappa shape index (κ1) is 15.4. The molecule has 1 aliphatic heterocycles. The fraction of sp³-hybridized carbons (Fsp3) is 0.263. The molecule has 4 nitrogen and oxygen atoms in total. The molecule has 0 fully saturated rings. The topological polar surface area (TPSA) is 46.6 Å². The van der Waals surface area contributed by atoms with Gasteiger partial charge in [-0.05, 0) is 37.1 Å². The first-order chi connectivity index (χ1) is 11.1. The van der Waals surface area contributed by atoms with Gasteiger partial charge in [-0.15, -0.1) is 0 Å². The van der Waals surface area contributed by atoms with E-state index in [1.54, 1.807) is 24.3 Å². The van der Waals surface area contributed by atoms with Gasteiger partial charge in [0.1, 0.15) is 0 Å². The van der Waals surface area contributed by atoms with Gasteiger partial charge in [0.25, 0.3) is 11.8 Å². The van der Waals surface area contributed by atoms with Gasteiger partial charge < -0.3 is 4.74 Å². The molecule has 118 valence electrons. The summed E-state index contributed by atoms with van der Waals surface area (Å²) < 4.78 is 5.65. The summed E-state index contributed by atoms with van der Waals surface area (Å²) in [6, 6.07) is 13.1. The molecule has 0 saturated heterocycles. The molecule has 3 rings (SSSR count). The van der Waals surface area contributed by atoms with Crippen molar-refractivity contribution in [1.29, 1.82) is 0 Å². The molecule has 0 aromatic heterocycles. The lowest BCUT2D eigenvalue weighted by Gasteiger charge is -2.14. The van der Waals surface area contributed by atoms with Crippen molar-refractivity contribution in [1.82, 2.24) is 4.90 Å². The van der Waals surface area contributed by atoms with Crippen LogP contribution in [0.15, 0.2) is 42.5 Å². The highest BCUT2D eigenvalue weighted by molar-refractivity contribution is 6.21. The minimum atomic E-state index is -0.235. The third-order valence-corrected chi connectivity index (χ3v) is 4.09. The quantitative estimate of drug-likeness (QED) is 0.630. The summed E-state index contributed by atoms with van der Waals surface area (Å²) >= 11 is 0. The summed E-state index contributed by atoms with van der Waals surface area (Å²) in [7, 11) is 0. The third kappa shape index (κ3) is 3.03. The van der Waals surface area contributed by atoms with Crippen LogP contribution < -0.4 is 0 Å². The predicted octanol–water partition coefficient (Wildman–Crippen LogP) is 3.12. The number of amides is 2. The third-order valence-electron chi connectivity index (χ3n) is 4.09. The van der Waals surface area contributed by atoms with Gasteiger partial charge in [-0.2, -0.15) is 0 Å². The molecular formula is C19H19NO3. The van der Waals surface area contributed by atoms with Crippen LogP contribution in [0.2, 0.25) is 0 Å². The van der Waals surface area contributed by atoms with Crippen molar-refractivity contribution < 1.29 is 14.3 Å². The number of aryl methyl sites for hydroxylation is 2. The fourth-order valence-electron chi connectivity index (χ4n) is 2.79. The van der Waals surface area contributed by atoms with E-state index >= 15 is 0 Å². The van der Waals surface area contributed by atoms with Crippen LogP contribution >= 0.6 is 0 Å². The fourth-order valence-corrected chi connectivity index (χ4v) is 2.79. The monoisotopic (exact) mass is 309 g/mol. The second kappa shape index (κ2) is 6.34. The number of fused-ring (bicyclic) bond motifs is 1. The van der Waals surface area contributed by atoms with Gasteiger partial charge in [-0.1, -0.05) is 35.9 Å². The van der Waals surface area contributed by atoms with Crippen LogP contribution in [0, 0.1) is 13.8 Å². The molecule has 4 heteroatoms. The van der Waals surface area contributed by atoms with Crippen LogP contribution in [0.25, 0.3) is 0 Å². The maximum Gasteiger partial charge on any atom is 0.261 e. The lowest BCUT2D eigenvalue weighted by atomic mass is 10.1. The number of hydrogen-bond acceptors (Lipinski definition) is 3. The summed E-state index contributed by atoms with van der Waals surface area (Å²) in [6.07, 6.45) is 0. The largest absolute Gasteiger partial charge is 0.375 e. The van der Waals surface area contributed by atoms with E-state index in [1.807, 2.05) is 6.07 Å². The molecule has 23 heavy (non-hydrogen) atoms. The van der Waals surface area contributed by atoms with Crippen molar-refractivity contribution in [3.63, 3.8) is 0 Å². The summed E-state index contributed by atoms with van der Waals surface area (Å²) in [5.74, 6) is -0.471. The van der Waals surface area contributed by atoms with Crippen LogP contribution in [0.1, 0.15) is 37.4 Å². The van der Waals surface area contributed by atoms with Crippen LogP contribution in [0.5, 0.6) is 0 Å². The SMILES string of the molecule is Cc1ccc(COCCN2C(=O)c3ccccc3C2=O)c(C)c1. The molecule has 0 atom stereocenters. The average molecular weight is 309 g/mol. The molecule has 0 spiro atoms. The van der Waals surface area contributed by atoms with Crippen molar-refractivity contribution >= 4 is 11.8 Å². The van der Waals surface area contributed by atoms with Crippen molar-refractivity contribution in [2.75, 3.05) is 13.2 Å². The Hall–Kier alpha value is -2.46. The zero-order valence-electron chi connectivity index (χ0n) is 13.3. The number of rotatable bonds is 5. The van der Waals surface area contributed by atoms with E-state index < -0.39 is 0 Å². The molecule has 0 aliphatic carbocycles. The molecule has 1 aliphatic rings. The Bertz CT molecular complexity index is 732. The number of carbonyl (C=O) groups excluding carboxylic acids is 2. The lowest BCUT2D eigenvalue weighted by molar-refractivity contribution is 0.0544. The summed E-state index contributed by atoms with van der Waals surface area (Å²) in [6.45, 7) is 5.20. The van der Waals surface area contributed by atoms with Gasteiger partial charge in [-0.3, -0.25) is 14.5 Å². The zero-order chi connectivity index (χ0) is 16.4. The Morgan fingerprint density at radius 3 is 2.22 bits per heavy atom. The Kier molecular flexibility index (Phi) is 4.26. The van der Waals surface area contributed by atoms with E-state index in [-0.39, 0.29) is 18.4 Å². The van der Waals surface area contributed by atoms with E-state index in [2.05, 4.69) is 26.0 Å². The maximum atomic E-state index is 12.2.